The summed E-state index contributed by atoms with van der Waals surface area (Å²) in [6.07, 6.45) is 4.40. The van der Waals surface area contributed by atoms with Crippen LogP contribution in [0.5, 0.6) is 5.75 Å². The third-order valence-corrected chi connectivity index (χ3v) is 3.67. The van der Waals surface area contributed by atoms with Gasteiger partial charge in [0.15, 0.2) is 5.60 Å². The number of hydrogen-bond donors (Lipinski definition) is 1. The standard InChI is InChI=1S/C18H19NO2/c1-3-7-16(8-4-1)18(11-12-19-13-14-21-18)15-20-17-9-5-2-6-10-17/h1-10,13-14,19H,11-12,15H2. The normalized spacial score (nSPS) is 21.0. The molecule has 1 aliphatic heterocycles. The van der Waals surface area contributed by atoms with E-state index < -0.39 is 5.60 Å². The van der Waals surface area contributed by atoms with Gasteiger partial charge in [0.2, 0.25) is 0 Å². The Morgan fingerprint density at radius 1 is 1.00 bits per heavy atom. The summed E-state index contributed by atoms with van der Waals surface area (Å²) in [6, 6.07) is 20.1. The van der Waals surface area contributed by atoms with E-state index in [1.165, 1.54) is 0 Å². The molecule has 0 spiro atoms. The Bertz CT molecular complexity index is 583. The molecule has 1 heterocycles. The molecule has 2 aromatic carbocycles. The molecule has 21 heavy (non-hydrogen) atoms. The number of hydrogen-bond acceptors (Lipinski definition) is 3. The molecule has 1 N–H and O–H groups in total. The van der Waals surface area contributed by atoms with Gasteiger partial charge in [-0.3, -0.25) is 0 Å². The zero-order valence-electron chi connectivity index (χ0n) is 11.9. The molecule has 3 nitrogen and oxygen atoms in total. The summed E-state index contributed by atoms with van der Waals surface area (Å²) in [5.41, 5.74) is 0.672. The van der Waals surface area contributed by atoms with Gasteiger partial charge in [-0.15, -0.1) is 0 Å². The van der Waals surface area contributed by atoms with Gasteiger partial charge in [0.05, 0.1) is 0 Å². The molecule has 0 amide bonds. The fourth-order valence-corrected chi connectivity index (χ4v) is 2.49. The van der Waals surface area contributed by atoms with Gasteiger partial charge in [-0.05, 0) is 17.7 Å². The van der Waals surface area contributed by atoms with Crippen molar-refractivity contribution in [2.24, 2.45) is 0 Å². The second kappa shape index (κ2) is 6.35. The van der Waals surface area contributed by atoms with E-state index in [1.807, 2.05) is 54.7 Å². The molecular weight excluding hydrogens is 262 g/mol. The van der Waals surface area contributed by atoms with Crippen LogP contribution in [0.25, 0.3) is 0 Å². The molecule has 1 unspecified atom stereocenters. The number of nitrogens with one attached hydrogen (secondary N) is 1. The highest BCUT2D eigenvalue weighted by Gasteiger charge is 2.35. The molecule has 3 heteroatoms. The van der Waals surface area contributed by atoms with Crippen LogP contribution in [0, 0.1) is 0 Å². The summed E-state index contributed by atoms with van der Waals surface area (Å²) in [5.74, 6) is 0.859. The molecule has 1 aliphatic rings. The Morgan fingerprint density at radius 3 is 2.48 bits per heavy atom. The van der Waals surface area contributed by atoms with Gasteiger partial charge in [-0.1, -0.05) is 48.5 Å². The number of benzene rings is 2. The fraction of sp³-hybridized carbons (Fsp3) is 0.222. The molecule has 0 aromatic heterocycles. The first-order valence-corrected chi connectivity index (χ1v) is 7.19. The minimum Gasteiger partial charge on any atom is -0.489 e. The molecule has 0 saturated carbocycles. The zero-order valence-corrected chi connectivity index (χ0v) is 11.9. The highest BCUT2D eigenvalue weighted by molar-refractivity contribution is 5.26. The predicted molar refractivity (Wildman–Crippen MR) is 82.9 cm³/mol. The Morgan fingerprint density at radius 2 is 1.71 bits per heavy atom. The van der Waals surface area contributed by atoms with Crippen molar-refractivity contribution in [3.05, 3.63) is 78.7 Å². The molecule has 3 rings (SSSR count). The van der Waals surface area contributed by atoms with Gasteiger partial charge in [-0.2, -0.15) is 0 Å². The first-order chi connectivity index (χ1) is 10.4. The first kappa shape index (κ1) is 13.6. The van der Waals surface area contributed by atoms with Gasteiger partial charge >= 0.3 is 0 Å². The average molecular weight is 281 g/mol. The minimum absolute atomic E-state index is 0.461. The second-order valence-corrected chi connectivity index (χ2v) is 5.09. The van der Waals surface area contributed by atoms with Crippen LogP contribution >= 0.6 is 0 Å². The Labute approximate surface area is 125 Å². The van der Waals surface area contributed by atoms with Crippen molar-refractivity contribution in [3.63, 3.8) is 0 Å². The molecule has 0 radical (unpaired) electrons. The molecular formula is C18H19NO2. The van der Waals surface area contributed by atoms with E-state index in [4.69, 9.17) is 9.47 Å². The van der Waals surface area contributed by atoms with E-state index in [0.717, 1.165) is 24.3 Å². The van der Waals surface area contributed by atoms with Crippen LogP contribution in [-0.2, 0) is 10.3 Å². The second-order valence-electron chi connectivity index (χ2n) is 5.09. The minimum atomic E-state index is -0.461. The SMILES string of the molecule is C1=COC(COc2ccccc2)(c2ccccc2)CCN1. The van der Waals surface area contributed by atoms with Crippen molar-refractivity contribution in [2.45, 2.75) is 12.0 Å². The van der Waals surface area contributed by atoms with Crippen molar-refractivity contribution < 1.29 is 9.47 Å². The molecule has 0 aliphatic carbocycles. The Hall–Kier alpha value is -2.42. The number of ether oxygens (including phenoxy) is 2. The predicted octanol–water partition coefficient (Wildman–Crippen LogP) is 3.44. The summed E-state index contributed by atoms with van der Waals surface area (Å²) >= 11 is 0. The molecule has 108 valence electrons. The Balaban J connectivity index is 1.84. The lowest BCUT2D eigenvalue weighted by Gasteiger charge is -2.32. The maximum Gasteiger partial charge on any atom is 0.169 e. The molecule has 1 atom stereocenters. The van der Waals surface area contributed by atoms with E-state index in [2.05, 4.69) is 17.4 Å². The van der Waals surface area contributed by atoms with Crippen LogP contribution < -0.4 is 10.1 Å². The average Bonchev–Trinajstić information content (AvgIpc) is 2.81. The third kappa shape index (κ3) is 3.19. The van der Waals surface area contributed by atoms with Crippen molar-refractivity contribution in [1.82, 2.24) is 5.32 Å². The van der Waals surface area contributed by atoms with E-state index in [1.54, 1.807) is 6.26 Å². The van der Waals surface area contributed by atoms with Gasteiger partial charge < -0.3 is 14.8 Å². The number of para-hydroxylation sites is 1. The topological polar surface area (TPSA) is 30.5 Å². The van der Waals surface area contributed by atoms with Gasteiger partial charge in [-0.25, -0.2) is 0 Å². The van der Waals surface area contributed by atoms with E-state index in [-0.39, 0.29) is 0 Å². The monoisotopic (exact) mass is 281 g/mol. The van der Waals surface area contributed by atoms with Crippen LogP contribution in [0.15, 0.2) is 73.1 Å². The highest BCUT2D eigenvalue weighted by Crippen LogP contribution is 2.31. The highest BCUT2D eigenvalue weighted by atomic mass is 16.5. The van der Waals surface area contributed by atoms with Crippen LogP contribution in [0.1, 0.15) is 12.0 Å². The molecule has 0 saturated heterocycles. The Kier molecular flexibility index (Phi) is 4.10. The number of rotatable bonds is 4. The summed E-state index contributed by atoms with van der Waals surface area (Å²) in [4.78, 5) is 0. The van der Waals surface area contributed by atoms with Crippen molar-refractivity contribution in [1.29, 1.82) is 0 Å². The van der Waals surface area contributed by atoms with Crippen LogP contribution in [0.3, 0.4) is 0 Å². The lowest BCUT2D eigenvalue weighted by Crippen LogP contribution is -2.36. The van der Waals surface area contributed by atoms with Gasteiger partial charge in [0, 0.05) is 19.2 Å². The van der Waals surface area contributed by atoms with Gasteiger partial charge in [0.1, 0.15) is 18.6 Å². The van der Waals surface area contributed by atoms with E-state index in [0.29, 0.717) is 6.61 Å². The fourth-order valence-electron chi connectivity index (χ4n) is 2.49. The smallest absolute Gasteiger partial charge is 0.169 e. The van der Waals surface area contributed by atoms with Crippen molar-refractivity contribution in [3.8, 4) is 5.75 Å². The largest absolute Gasteiger partial charge is 0.489 e. The van der Waals surface area contributed by atoms with Crippen LogP contribution in [0.2, 0.25) is 0 Å². The van der Waals surface area contributed by atoms with Crippen LogP contribution in [-0.4, -0.2) is 13.2 Å². The lowest BCUT2D eigenvalue weighted by molar-refractivity contribution is -0.0256. The summed E-state index contributed by atoms with van der Waals surface area (Å²) in [5, 5.41) is 3.21. The lowest BCUT2D eigenvalue weighted by atomic mass is 9.91. The van der Waals surface area contributed by atoms with Crippen LogP contribution in [0.4, 0.5) is 0 Å². The zero-order chi connectivity index (χ0) is 14.4. The quantitative estimate of drug-likeness (QED) is 0.931. The maximum absolute atomic E-state index is 6.03. The summed E-state index contributed by atoms with van der Waals surface area (Å²) < 4.78 is 12.0. The third-order valence-electron chi connectivity index (χ3n) is 3.67. The first-order valence-electron chi connectivity index (χ1n) is 7.19. The van der Waals surface area contributed by atoms with E-state index >= 15 is 0 Å². The van der Waals surface area contributed by atoms with E-state index in [9.17, 15) is 0 Å². The van der Waals surface area contributed by atoms with Crippen molar-refractivity contribution in [2.75, 3.05) is 13.2 Å². The molecule has 0 bridgehead atoms. The van der Waals surface area contributed by atoms with Gasteiger partial charge in [0.25, 0.3) is 0 Å². The molecule has 2 aromatic rings. The summed E-state index contributed by atoms with van der Waals surface area (Å²) in [6.45, 7) is 1.33. The maximum atomic E-state index is 6.03. The summed E-state index contributed by atoms with van der Waals surface area (Å²) in [7, 11) is 0. The molecule has 0 fully saturated rings. The van der Waals surface area contributed by atoms with Crippen molar-refractivity contribution >= 4 is 0 Å².